The maximum absolute atomic E-state index is 11.8. The lowest BCUT2D eigenvalue weighted by Gasteiger charge is -2.12. The van der Waals surface area contributed by atoms with E-state index in [-0.39, 0.29) is 11.8 Å². The molecule has 0 bridgehead atoms. The number of hydrogen-bond donors (Lipinski definition) is 1. The van der Waals surface area contributed by atoms with Gasteiger partial charge in [-0.1, -0.05) is 36.7 Å². The van der Waals surface area contributed by atoms with Crippen LogP contribution in [0, 0.1) is 0 Å². The van der Waals surface area contributed by atoms with Crippen molar-refractivity contribution in [2.75, 3.05) is 0 Å². The van der Waals surface area contributed by atoms with Gasteiger partial charge in [0.15, 0.2) is 0 Å². The summed E-state index contributed by atoms with van der Waals surface area (Å²) in [6, 6.07) is 6.92. The van der Waals surface area contributed by atoms with Crippen molar-refractivity contribution in [3.8, 4) is 0 Å². The van der Waals surface area contributed by atoms with E-state index in [2.05, 4.69) is 4.72 Å². The van der Waals surface area contributed by atoms with Gasteiger partial charge in [-0.3, -0.25) is 0 Å². The van der Waals surface area contributed by atoms with E-state index >= 15 is 0 Å². The van der Waals surface area contributed by atoms with Crippen LogP contribution < -0.4 is 4.72 Å². The molecule has 0 radical (unpaired) electrons. The number of rotatable bonds is 5. The van der Waals surface area contributed by atoms with Crippen LogP contribution in [0.2, 0.25) is 5.02 Å². The Bertz CT molecular complexity index is 445. The maximum atomic E-state index is 11.8. The number of nitrogens with one attached hydrogen (secondary N) is 1. The molecule has 90 valence electrons. The van der Waals surface area contributed by atoms with Gasteiger partial charge in [-0.15, -0.1) is 0 Å². The third-order valence-corrected chi connectivity index (χ3v) is 4.12. The molecule has 1 aromatic carbocycles. The molecule has 3 nitrogen and oxygen atoms in total. The first-order valence-electron chi connectivity index (χ1n) is 5.18. The summed E-state index contributed by atoms with van der Waals surface area (Å²) in [6.45, 7) is 3.77. The lowest BCUT2D eigenvalue weighted by atomic mass is 10.2. The van der Waals surface area contributed by atoms with Crippen LogP contribution in [0.1, 0.15) is 25.8 Å². The van der Waals surface area contributed by atoms with Crippen LogP contribution in [0.4, 0.5) is 0 Å². The van der Waals surface area contributed by atoms with Crippen LogP contribution >= 0.6 is 11.6 Å². The van der Waals surface area contributed by atoms with Crippen molar-refractivity contribution in [3.63, 3.8) is 0 Å². The molecule has 16 heavy (non-hydrogen) atoms. The zero-order valence-corrected chi connectivity index (χ0v) is 11.0. The molecule has 0 aromatic heterocycles. The Morgan fingerprint density at radius 2 is 2.00 bits per heavy atom. The van der Waals surface area contributed by atoms with Gasteiger partial charge in [0.2, 0.25) is 10.0 Å². The van der Waals surface area contributed by atoms with Crippen LogP contribution in [-0.2, 0) is 15.8 Å². The lowest BCUT2D eigenvalue weighted by molar-refractivity contribution is 0.555. The van der Waals surface area contributed by atoms with E-state index < -0.39 is 10.0 Å². The molecule has 0 aliphatic carbocycles. The first-order chi connectivity index (χ1) is 7.44. The fraction of sp³-hybridized carbons (Fsp3) is 0.455. The van der Waals surface area contributed by atoms with E-state index in [0.717, 1.165) is 6.42 Å². The quantitative estimate of drug-likeness (QED) is 0.886. The summed E-state index contributed by atoms with van der Waals surface area (Å²) in [5.74, 6) is -0.0724. The van der Waals surface area contributed by atoms with E-state index in [9.17, 15) is 8.42 Å². The monoisotopic (exact) mass is 261 g/mol. The van der Waals surface area contributed by atoms with Crippen molar-refractivity contribution in [1.82, 2.24) is 4.72 Å². The van der Waals surface area contributed by atoms with Gasteiger partial charge in [0, 0.05) is 11.1 Å². The first kappa shape index (κ1) is 13.5. The second kappa shape index (κ2) is 5.66. The van der Waals surface area contributed by atoms with Crippen molar-refractivity contribution in [2.24, 2.45) is 0 Å². The second-order valence-electron chi connectivity index (χ2n) is 3.78. The Kier molecular flexibility index (Phi) is 4.77. The molecule has 0 amide bonds. The molecule has 0 heterocycles. The van der Waals surface area contributed by atoms with Gasteiger partial charge in [-0.2, -0.15) is 0 Å². The van der Waals surface area contributed by atoms with Crippen molar-refractivity contribution in [1.29, 1.82) is 0 Å². The fourth-order valence-electron chi connectivity index (χ4n) is 1.25. The van der Waals surface area contributed by atoms with Crippen molar-refractivity contribution in [3.05, 3.63) is 34.9 Å². The highest BCUT2D eigenvalue weighted by atomic mass is 35.5. The normalized spacial score (nSPS) is 13.7. The number of sulfonamides is 1. The van der Waals surface area contributed by atoms with Crippen molar-refractivity contribution >= 4 is 21.6 Å². The summed E-state index contributed by atoms with van der Waals surface area (Å²) in [5, 5.41) is 0.483. The molecule has 5 heteroatoms. The van der Waals surface area contributed by atoms with Gasteiger partial charge in [0.25, 0.3) is 0 Å². The predicted molar refractivity (Wildman–Crippen MR) is 67.0 cm³/mol. The fourth-order valence-corrected chi connectivity index (χ4v) is 3.06. The number of benzene rings is 1. The summed E-state index contributed by atoms with van der Waals surface area (Å²) in [7, 11) is -3.30. The minimum absolute atomic E-state index is 0.0486. The summed E-state index contributed by atoms with van der Waals surface area (Å²) in [6.07, 6.45) is 0.766. The number of hydrogen-bond acceptors (Lipinski definition) is 2. The molecular formula is C11H16ClNO2S. The molecule has 1 rings (SSSR count). The first-order valence-corrected chi connectivity index (χ1v) is 7.21. The summed E-state index contributed by atoms with van der Waals surface area (Å²) < 4.78 is 26.1. The average molecular weight is 262 g/mol. The lowest BCUT2D eigenvalue weighted by Crippen LogP contribution is -2.33. The van der Waals surface area contributed by atoms with Crippen LogP contribution in [-0.4, -0.2) is 14.5 Å². The highest BCUT2D eigenvalue weighted by Crippen LogP contribution is 2.17. The van der Waals surface area contributed by atoms with Crippen LogP contribution in [0.3, 0.4) is 0 Å². The van der Waals surface area contributed by atoms with E-state index in [1.807, 2.05) is 13.8 Å². The Morgan fingerprint density at radius 1 is 1.38 bits per heavy atom. The van der Waals surface area contributed by atoms with Crippen molar-refractivity contribution < 1.29 is 8.42 Å². The molecule has 1 aromatic rings. The zero-order chi connectivity index (χ0) is 12.2. The molecule has 1 atom stereocenters. The molecule has 0 saturated carbocycles. The number of halogens is 1. The maximum Gasteiger partial charge on any atom is 0.216 e. The van der Waals surface area contributed by atoms with Gasteiger partial charge >= 0.3 is 0 Å². The Labute approximate surface area is 102 Å². The zero-order valence-electron chi connectivity index (χ0n) is 9.40. The Balaban J connectivity index is 2.77. The van der Waals surface area contributed by atoms with E-state index in [1.165, 1.54) is 0 Å². The van der Waals surface area contributed by atoms with Gasteiger partial charge < -0.3 is 0 Å². The molecular weight excluding hydrogens is 246 g/mol. The molecule has 0 aliphatic heterocycles. The largest absolute Gasteiger partial charge is 0.216 e. The minimum atomic E-state index is -3.30. The molecule has 0 saturated heterocycles. The predicted octanol–water partition coefficient (Wildman–Crippen LogP) is 2.56. The van der Waals surface area contributed by atoms with Gasteiger partial charge in [0.05, 0.1) is 5.75 Å². The van der Waals surface area contributed by atoms with E-state index in [4.69, 9.17) is 11.6 Å². The third-order valence-electron chi connectivity index (χ3n) is 2.30. The molecule has 0 spiro atoms. The average Bonchev–Trinajstić information content (AvgIpc) is 2.20. The summed E-state index contributed by atoms with van der Waals surface area (Å²) in [5.41, 5.74) is 0.625. The molecule has 1 unspecified atom stereocenters. The smallest absolute Gasteiger partial charge is 0.212 e. The summed E-state index contributed by atoms with van der Waals surface area (Å²) in [4.78, 5) is 0. The third kappa shape index (κ3) is 4.12. The van der Waals surface area contributed by atoms with Crippen LogP contribution in [0.5, 0.6) is 0 Å². The van der Waals surface area contributed by atoms with E-state index in [0.29, 0.717) is 10.6 Å². The Hall–Kier alpha value is -0.580. The summed E-state index contributed by atoms with van der Waals surface area (Å²) >= 11 is 5.91. The van der Waals surface area contributed by atoms with Gasteiger partial charge in [-0.25, -0.2) is 13.1 Å². The SMILES string of the molecule is CCC(C)NS(=O)(=O)Cc1ccccc1Cl. The van der Waals surface area contributed by atoms with Crippen LogP contribution in [0.25, 0.3) is 0 Å². The topological polar surface area (TPSA) is 46.2 Å². The minimum Gasteiger partial charge on any atom is -0.212 e. The molecule has 0 aliphatic rings. The highest BCUT2D eigenvalue weighted by Gasteiger charge is 2.15. The molecule has 1 N–H and O–H groups in total. The molecule has 0 fully saturated rings. The van der Waals surface area contributed by atoms with Crippen molar-refractivity contribution in [2.45, 2.75) is 32.1 Å². The van der Waals surface area contributed by atoms with Gasteiger partial charge in [-0.05, 0) is 25.0 Å². The highest BCUT2D eigenvalue weighted by molar-refractivity contribution is 7.88. The standard InChI is InChI=1S/C11H16ClNO2S/c1-3-9(2)13-16(14,15)8-10-6-4-5-7-11(10)12/h4-7,9,13H,3,8H2,1-2H3. The van der Waals surface area contributed by atoms with Gasteiger partial charge in [0.1, 0.15) is 0 Å². The second-order valence-corrected chi connectivity index (χ2v) is 5.94. The van der Waals surface area contributed by atoms with E-state index in [1.54, 1.807) is 24.3 Å². The van der Waals surface area contributed by atoms with Crippen LogP contribution in [0.15, 0.2) is 24.3 Å². The Morgan fingerprint density at radius 3 is 2.56 bits per heavy atom.